The van der Waals surface area contributed by atoms with Crippen LogP contribution in [-0.2, 0) is 5.41 Å². The molecule has 116 valence electrons. The van der Waals surface area contributed by atoms with Crippen LogP contribution in [0.15, 0.2) is 53.5 Å². The van der Waals surface area contributed by atoms with Gasteiger partial charge in [-0.2, -0.15) is 0 Å². The summed E-state index contributed by atoms with van der Waals surface area (Å²) < 4.78 is 13.3. The summed E-state index contributed by atoms with van der Waals surface area (Å²) >= 11 is 0. The molecule has 0 amide bonds. The summed E-state index contributed by atoms with van der Waals surface area (Å²) in [5, 5.41) is 3.06. The third kappa shape index (κ3) is 4.32. The van der Waals surface area contributed by atoms with Gasteiger partial charge in [-0.25, -0.2) is 4.39 Å². The number of nitrogens with one attached hydrogen (secondary N) is 1. The quantitative estimate of drug-likeness (QED) is 0.665. The Balaban J connectivity index is 2.04. The molecule has 0 spiro atoms. The number of halogens is 1. The minimum absolute atomic E-state index is 0.236. The van der Waals surface area contributed by atoms with E-state index in [0.29, 0.717) is 12.5 Å². The van der Waals surface area contributed by atoms with Crippen LogP contribution in [0.3, 0.4) is 0 Å². The van der Waals surface area contributed by atoms with Gasteiger partial charge in [0.2, 0.25) is 0 Å². The monoisotopic (exact) mass is 299 g/mol. The first-order valence-corrected chi connectivity index (χ1v) is 7.26. The lowest BCUT2D eigenvalue weighted by Crippen LogP contribution is -2.27. The van der Waals surface area contributed by atoms with Crippen molar-refractivity contribution in [1.29, 1.82) is 0 Å². The van der Waals surface area contributed by atoms with Crippen LogP contribution in [0.5, 0.6) is 0 Å². The van der Waals surface area contributed by atoms with Gasteiger partial charge in [0.25, 0.3) is 0 Å². The van der Waals surface area contributed by atoms with Crippen molar-refractivity contribution < 1.29 is 4.39 Å². The number of guanidine groups is 1. The van der Waals surface area contributed by atoms with Crippen molar-refractivity contribution in [2.75, 3.05) is 11.9 Å². The zero-order valence-electron chi connectivity index (χ0n) is 13.2. The van der Waals surface area contributed by atoms with Gasteiger partial charge in [-0.05, 0) is 36.8 Å². The number of nitrogens with zero attached hydrogens (tertiary/aromatic N) is 1. The predicted octanol–water partition coefficient (Wildman–Crippen LogP) is 3.84. The molecule has 0 heterocycles. The highest BCUT2D eigenvalue weighted by Gasteiger charge is 2.20. The third-order valence-electron chi connectivity index (χ3n) is 3.57. The molecular formula is C18H22FN3. The fourth-order valence-corrected chi connectivity index (χ4v) is 2.11. The van der Waals surface area contributed by atoms with Crippen molar-refractivity contribution in [2.24, 2.45) is 10.7 Å². The number of aryl methyl sites for hydroxylation is 1. The van der Waals surface area contributed by atoms with Crippen molar-refractivity contribution in [3.05, 3.63) is 65.5 Å². The molecule has 22 heavy (non-hydrogen) atoms. The molecule has 2 rings (SSSR count). The third-order valence-corrected chi connectivity index (χ3v) is 3.57. The van der Waals surface area contributed by atoms with E-state index in [4.69, 9.17) is 5.73 Å². The molecule has 0 aromatic heterocycles. The first-order valence-electron chi connectivity index (χ1n) is 7.26. The Kier molecular flexibility index (Phi) is 4.81. The fourth-order valence-electron chi connectivity index (χ4n) is 2.11. The summed E-state index contributed by atoms with van der Waals surface area (Å²) in [5.74, 6) is 0.119. The standard InChI is InChI=1S/C18H22FN3/c1-13-7-9-16(10-8-13)22-17(20)21-12-18(2,3)14-5-4-6-15(19)11-14/h4-11H,12H2,1-3H3,(H3,20,21,22). The number of aliphatic imine (C=N–C) groups is 1. The van der Waals surface area contributed by atoms with Crippen molar-refractivity contribution in [2.45, 2.75) is 26.2 Å². The molecule has 0 aliphatic rings. The van der Waals surface area contributed by atoms with Crippen LogP contribution in [0, 0.1) is 12.7 Å². The zero-order chi connectivity index (χ0) is 16.2. The number of benzene rings is 2. The molecule has 0 fully saturated rings. The van der Waals surface area contributed by atoms with Crippen molar-refractivity contribution in [1.82, 2.24) is 0 Å². The average molecular weight is 299 g/mol. The Morgan fingerprint density at radius 3 is 2.50 bits per heavy atom. The molecule has 2 aromatic carbocycles. The van der Waals surface area contributed by atoms with Gasteiger partial charge in [0, 0.05) is 11.1 Å². The molecule has 3 nitrogen and oxygen atoms in total. The maximum absolute atomic E-state index is 13.3. The van der Waals surface area contributed by atoms with Gasteiger partial charge >= 0.3 is 0 Å². The van der Waals surface area contributed by atoms with Gasteiger partial charge in [-0.1, -0.05) is 43.7 Å². The number of rotatable bonds is 4. The smallest absolute Gasteiger partial charge is 0.193 e. The molecule has 0 aliphatic heterocycles. The lowest BCUT2D eigenvalue weighted by Gasteiger charge is -2.23. The number of anilines is 1. The van der Waals surface area contributed by atoms with Gasteiger partial charge in [-0.15, -0.1) is 0 Å². The van der Waals surface area contributed by atoms with E-state index < -0.39 is 0 Å². The molecule has 0 aliphatic carbocycles. The fraction of sp³-hybridized carbons (Fsp3) is 0.278. The van der Waals surface area contributed by atoms with E-state index in [2.05, 4.69) is 10.3 Å². The maximum atomic E-state index is 13.3. The molecule has 3 N–H and O–H groups in total. The van der Waals surface area contributed by atoms with Crippen LogP contribution in [0.4, 0.5) is 10.1 Å². The highest BCUT2D eigenvalue weighted by atomic mass is 19.1. The number of hydrogen-bond donors (Lipinski definition) is 2. The normalized spacial score (nSPS) is 12.3. The molecule has 0 bridgehead atoms. The van der Waals surface area contributed by atoms with E-state index in [9.17, 15) is 4.39 Å². The van der Waals surface area contributed by atoms with E-state index in [1.54, 1.807) is 12.1 Å². The summed E-state index contributed by atoms with van der Waals surface area (Å²) in [6, 6.07) is 14.5. The minimum atomic E-state index is -0.290. The predicted molar refractivity (Wildman–Crippen MR) is 90.7 cm³/mol. The summed E-state index contributed by atoms with van der Waals surface area (Å²) in [6.07, 6.45) is 0. The van der Waals surface area contributed by atoms with Gasteiger partial charge in [0.1, 0.15) is 5.82 Å². The molecule has 0 radical (unpaired) electrons. The minimum Gasteiger partial charge on any atom is -0.370 e. The van der Waals surface area contributed by atoms with Crippen LogP contribution in [0.1, 0.15) is 25.0 Å². The molecule has 0 saturated heterocycles. The summed E-state index contributed by atoms with van der Waals surface area (Å²) in [6.45, 7) is 6.54. The zero-order valence-corrected chi connectivity index (χ0v) is 13.2. The van der Waals surface area contributed by atoms with Crippen LogP contribution in [0.25, 0.3) is 0 Å². The Hall–Kier alpha value is -2.36. The van der Waals surface area contributed by atoms with Crippen molar-refractivity contribution >= 4 is 11.6 Å². The van der Waals surface area contributed by atoms with Crippen LogP contribution >= 0.6 is 0 Å². The molecule has 0 saturated carbocycles. The molecule has 0 atom stereocenters. The maximum Gasteiger partial charge on any atom is 0.193 e. The average Bonchev–Trinajstić information content (AvgIpc) is 2.48. The second-order valence-electron chi connectivity index (χ2n) is 6.09. The topological polar surface area (TPSA) is 50.4 Å². The van der Waals surface area contributed by atoms with E-state index in [0.717, 1.165) is 11.3 Å². The Morgan fingerprint density at radius 1 is 1.18 bits per heavy atom. The first kappa shape index (κ1) is 16.0. The van der Waals surface area contributed by atoms with E-state index in [1.807, 2.05) is 51.1 Å². The highest BCUT2D eigenvalue weighted by Crippen LogP contribution is 2.24. The molecule has 0 unspecified atom stereocenters. The summed E-state index contributed by atoms with van der Waals surface area (Å²) in [7, 11) is 0. The second kappa shape index (κ2) is 6.60. The van der Waals surface area contributed by atoms with E-state index in [-0.39, 0.29) is 11.2 Å². The second-order valence-corrected chi connectivity index (χ2v) is 6.09. The van der Waals surface area contributed by atoms with Crippen LogP contribution in [0.2, 0.25) is 0 Å². The SMILES string of the molecule is Cc1ccc(NC(N)=NCC(C)(C)c2cccc(F)c2)cc1. The van der Waals surface area contributed by atoms with E-state index >= 15 is 0 Å². The Morgan fingerprint density at radius 2 is 1.86 bits per heavy atom. The first-order chi connectivity index (χ1) is 10.4. The van der Waals surface area contributed by atoms with Gasteiger partial charge in [-0.3, -0.25) is 4.99 Å². The Labute approximate surface area is 131 Å². The van der Waals surface area contributed by atoms with E-state index in [1.165, 1.54) is 11.6 Å². The largest absolute Gasteiger partial charge is 0.370 e. The van der Waals surface area contributed by atoms with Crippen LogP contribution in [-0.4, -0.2) is 12.5 Å². The van der Waals surface area contributed by atoms with Crippen LogP contribution < -0.4 is 11.1 Å². The summed E-state index contributed by atoms with van der Waals surface area (Å²) in [5.41, 5.74) is 8.62. The molecule has 2 aromatic rings. The molecule has 4 heteroatoms. The van der Waals surface area contributed by atoms with Crippen molar-refractivity contribution in [3.8, 4) is 0 Å². The highest BCUT2D eigenvalue weighted by molar-refractivity contribution is 5.92. The molecular weight excluding hydrogens is 277 g/mol. The van der Waals surface area contributed by atoms with Crippen molar-refractivity contribution in [3.63, 3.8) is 0 Å². The summed E-state index contributed by atoms with van der Waals surface area (Å²) in [4.78, 5) is 4.38. The van der Waals surface area contributed by atoms with Gasteiger partial charge in [0.15, 0.2) is 5.96 Å². The Bertz CT molecular complexity index is 660. The van der Waals surface area contributed by atoms with Gasteiger partial charge in [0.05, 0.1) is 6.54 Å². The lowest BCUT2D eigenvalue weighted by atomic mass is 9.85. The lowest BCUT2D eigenvalue weighted by molar-refractivity contribution is 0.532. The number of nitrogens with two attached hydrogens (primary N) is 1. The van der Waals surface area contributed by atoms with Gasteiger partial charge < -0.3 is 11.1 Å². The number of hydrogen-bond acceptors (Lipinski definition) is 1.